The van der Waals surface area contributed by atoms with Crippen LogP contribution in [0.4, 0.5) is 14.6 Å². The van der Waals surface area contributed by atoms with Gasteiger partial charge in [0.2, 0.25) is 0 Å². The molecule has 0 aliphatic heterocycles. The number of alkyl halides is 2. The number of aromatic hydroxyl groups is 1. The third kappa shape index (κ3) is 5.34. The zero-order valence-electron chi connectivity index (χ0n) is 15.5. The van der Waals surface area contributed by atoms with Crippen molar-refractivity contribution in [3.63, 3.8) is 0 Å². The van der Waals surface area contributed by atoms with Crippen LogP contribution < -0.4 is 10.1 Å². The molecule has 1 heterocycles. The molecule has 3 aromatic rings. The number of pyridine rings is 1. The minimum Gasteiger partial charge on any atom is -0.507 e. The van der Waals surface area contributed by atoms with Gasteiger partial charge in [-0.05, 0) is 42.0 Å². The molecule has 29 heavy (non-hydrogen) atoms. The highest BCUT2D eigenvalue weighted by Crippen LogP contribution is 2.37. The van der Waals surface area contributed by atoms with Crippen molar-refractivity contribution < 1.29 is 23.4 Å². The predicted octanol–water partition coefficient (Wildman–Crippen LogP) is 5.43. The summed E-state index contributed by atoms with van der Waals surface area (Å²) in [4.78, 5) is 4.52. The Kier molecular flexibility index (Phi) is 6.85. The van der Waals surface area contributed by atoms with Gasteiger partial charge in [0, 0.05) is 29.8 Å². The second-order valence-electron chi connectivity index (χ2n) is 6.08. The van der Waals surface area contributed by atoms with E-state index in [1.54, 1.807) is 49.6 Å². The fraction of sp³-hybridized carbons (Fsp3) is 0.190. The molecule has 0 aliphatic carbocycles. The van der Waals surface area contributed by atoms with Gasteiger partial charge in [0.25, 0.3) is 0 Å². The lowest BCUT2D eigenvalue weighted by atomic mass is 10.0. The number of nitrogens with zero attached hydrogens (tertiary/aromatic N) is 1. The molecule has 0 amide bonds. The van der Waals surface area contributed by atoms with Crippen LogP contribution in [0.5, 0.6) is 11.5 Å². The molecule has 0 atom stereocenters. The number of nitrogens with one attached hydrogen (secondary N) is 1. The van der Waals surface area contributed by atoms with E-state index in [2.05, 4.69) is 15.0 Å². The molecule has 0 aliphatic rings. The standard InChI is InChI=1S/C21H19ClF2N2O3/c1-28-9-8-25-20-11-13(15-4-2-3-5-19(15)29-21(23)24)10-17(26-20)16-12-14(22)6-7-18(16)27/h2-7,10-12,21,27H,8-9H2,1H3,(H,25,26). The van der Waals surface area contributed by atoms with Gasteiger partial charge >= 0.3 is 6.61 Å². The number of benzene rings is 2. The molecule has 0 saturated carbocycles. The van der Waals surface area contributed by atoms with E-state index >= 15 is 0 Å². The molecule has 0 saturated heterocycles. The highest BCUT2D eigenvalue weighted by atomic mass is 35.5. The van der Waals surface area contributed by atoms with E-state index in [0.29, 0.717) is 46.4 Å². The van der Waals surface area contributed by atoms with Crippen molar-refractivity contribution in [2.45, 2.75) is 6.61 Å². The minimum atomic E-state index is -2.95. The largest absolute Gasteiger partial charge is 0.507 e. The van der Waals surface area contributed by atoms with Crippen molar-refractivity contribution in [1.29, 1.82) is 0 Å². The average Bonchev–Trinajstić information content (AvgIpc) is 2.70. The van der Waals surface area contributed by atoms with Crippen LogP contribution in [-0.4, -0.2) is 37.0 Å². The number of methoxy groups -OCH3 is 1. The Labute approximate surface area is 171 Å². The predicted molar refractivity (Wildman–Crippen MR) is 109 cm³/mol. The number of halogens is 3. The average molecular weight is 421 g/mol. The molecule has 5 nitrogen and oxygen atoms in total. The Morgan fingerprint density at radius 3 is 2.66 bits per heavy atom. The second-order valence-corrected chi connectivity index (χ2v) is 6.52. The highest BCUT2D eigenvalue weighted by molar-refractivity contribution is 6.31. The summed E-state index contributed by atoms with van der Waals surface area (Å²) < 4.78 is 35.4. The SMILES string of the molecule is COCCNc1cc(-c2ccccc2OC(F)F)cc(-c2cc(Cl)ccc2O)n1. The fourth-order valence-electron chi connectivity index (χ4n) is 2.81. The third-order valence-corrected chi connectivity index (χ3v) is 4.32. The van der Waals surface area contributed by atoms with E-state index < -0.39 is 6.61 Å². The molecule has 1 aromatic heterocycles. The van der Waals surface area contributed by atoms with Crippen LogP contribution in [0.25, 0.3) is 22.4 Å². The van der Waals surface area contributed by atoms with Gasteiger partial charge < -0.3 is 19.9 Å². The first-order chi connectivity index (χ1) is 14.0. The number of hydrogen-bond donors (Lipinski definition) is 2. The second kappa shape index (κ2) is 9.54. The molecular weight excluding hydrogens is 402 g/mol. The molecule has 0 bridgehead atoms. The van der Waals surface area contributed by atoms with Crippen molar-refractivity contribution in [3.8, 4) is 33.9 Å². The summed E-state index contributed by atoms with van der Waals surface area (Å²) in [6.45, 7) is -2.01. The van der Waals surface area contributed by atoms with Crippen LogP contribution in [-0.2, 0) is 4.74 Å². The van der Waals surface area contributed by atoms with Crippen molar-refractivity contribution in [3.05, 3.63) is 59.6 Å². The summed E-state index contributed by atoms with van der Waals surface area (Å²) in [5.41, 5.74) is 1.90. The summed E-state index contributed by atoms with van der Waals surface area (Å²) in [5.74, 6) is 0.526. The Balaban J connectivity index is 2.12. The lowest BCUT2D eigenvalue weighted by Gasteiger charge is -2.15. The maximum absolute atomic E-state index is 12.8. The normalized spacial score (nSPS) is 10.9. The third-order valence-electron chi connectivity index (χ3n) is 4.09. The van der Waals surface area contributed by atoms with E-state index in [4.69, 9.17) is 16.3 Å². The fourth-order valence-corrected chi connectivity index (χ4v) is 2.99. The van der Waals surface area contributed by atoms with Crippen molar-refractivity contribution in [1.82, 2.24) is 4.98 Å². The maximum Gasteiger partial charge on any atom is 0.387 e. The number of anilines is 1. The van der Waals surface area contributed by atoms with E-state index in [1.165, 1.54) is 12.1 Å². The van der Waals surface area contributed by atoms with Gasteiger partial charge in [0.15, 0.2) is 0 Å². The number of phenols is 1. The van der Waals surface area contributed by atoms with Gasteiger partial charge in [-0.1, -0.05) is 29.8 Å². The monoisotopic (exact) mass is 420 g/mol. The van der Waals surface area contributed by atoms with Gasteiger partial charge in [0.1, 0.15) is 17.3 Å². The Morgan fingerprint density at radius 2 is 1.90 bits per heavy atom. The molecule has 0 fully saturated rings. The number of rotatable bonds is 8. The number of aromatic nitrogens is 1. The summed E-state index contributed by atoms with van der Waals surface area (Å²) in [5, 5.41) is 13.8. The van der Waals surface area contributed by atoms with Gasteiger partial charge in [-0.25, -0.2) is 4.98 Å². The Morgan fingerprint density at radius 1 is 1.10 bits per heavy atom. The molecule has 2 N–H and O–H groups in total. The molecule has 0 unspecified atom stereocenters. The van der Waals surface area contributed by atoms with Crippen LogP contribution in [0.3, 0.4) is 0 Å². The molecule has 2 aromatic carbocycles. The summed E-state index contributed by atoms with van der Waals surface area (Å²) in [6.07, 6.45) is 0. The van der Waals surface area contributed by atoms with Gasteiger partial charge in [-0.3, -0.25) is 0 Å². The number of phenolic OH excluding ortho intramolecular Hbond substituents is 1. The molecule has 0 spiro atoms. The maximum atomic E-state index is 12.8. The first kappa shape index (κ1) is 20.8. The highest BCUT2D eigenvalue weighted by Gasteiger charge is 2.15. The van der Waals surface area contributed by atoms with Crippen LogP contribution in [0.2, 0.25) is 5.02 Å². The van der Waals surface area contributed by atoms with Crippen molar-refractivity contribution in [2.75, 3.05) is 25.6 Å². The van der Waals surface area contributed by atoms with Gasteiger partial charge in [-0.2, -0.15) is 8.78 Å². The smallest absolute Gasteiger partial charge is 0.387 e. The van der Waals surface area contributed by atoms with Gasteiger partial charge in [-0.15, -0.1) is 0 Å². The van der Waals surface area contributed by atoms with Crippen LogP contribution >= 0.6 is 11.6 Å². The Bertz CT molecular complexity index is 986. The van der Waals surface area contributed by atoms with E-state index in [1.807, 2.05) is 0 Å². The van der Waals surface area contributed by atoms with Crippen molar-refractivity contribution >= 4 is 17.4 Å². The number of hydrogen-bond acceptors (Lipinski definition) is 5. The summed E-state index contributed by atoms with van der Waals surface area (Å²) in [6, 6.07) is 14.5. The molecule has 0 radical (unpaired) electrons. The minimum absolute atomic E-state index is 0.000919. The lowest BCUT2D eigenvalue weighted by Crippen LogP contribution is -2.09. The quantitative estimate of drug-likeness (QED) is 0.475. The summed E-state index contributed by atoms with van der Waals surface area (Å²) in [7, 11) is 1.58. The van der Waals surface area contributed by atoms with E-state index in [-0.39, 0.29) is 11.5 Å². The zero-order valence-corrected chi connectivity index (χ0v) is 16.3. The zero-order chi connectivity index (χ0) is 20.8. The lowest BCUT2D eigenvalue weighted by molar-refractivity contribution is -0.0494. The van der Waals surface area contributed by atoms with Crippen LogP contribution in [0.1, 0.15) is 0 Å². The molecular formula is C21H19ClF2N2O3. The topological polar surface area (TPSA) is 63.6 Å². The van der Waals surface area contributed by atoms with Crippen LogP contribution in [0.15, 0.2) is 54.6 Å². The summed E-state index contributed by atoms with van der Waals surface area (Å²) >= 11 is 6.07. The van der Waals surface area contributed by atoms with Crippen LogP contribution in [0, 0.1) is 0 Å². The van der Waals surface area contributed by atoms with E-state index in [9.17, 15) is 13.9 Å². The van der Waals surface area contributed by atoms with Gasteiger partial charge in [0.05, 0.1) is 12.3 Å². The number of ether oxygens (including phenoxy) is 2. The molecule has 152 valence electrons. The molecule has 3 rings (SSSR count). The number of para-hydroxylation sites is 1. The molecule has 8 heteroatoms. The first-order valence-corrected chi connectivity index (χ1v) is 9.13. The Hall–Kier alpha value is -2.90. The van der Waals surface area contributed by atoms with Crippen molar-refractivity contribution in [2.24, 2.45) is 0 Å². The first-order valence-electron chi connectivity index (χ1n) is 8.76. The van der Waals surface area contributed by atoms with E-state index in [0.717, 1.165) is 0 Å².